The molecule has 0 atom stereocenters. The first-order chi connectivity index (χ1) is 9.88. The minimum atomic E-state index is -4.58. The summed E-state index contributed by atoms with van der Waals surface area (Å²) in [6.45, 7) is 0.243. The zero-order valence-electron chi connectivity index (χ0n) is 11.0. The van der Waals surface area contributed by atoms with Gasteiger partial charge in [-0.3, -0.25) is 0 Å². The second-order valence-electron chi connectivity index (χ2n) is 4.05. The molecule has 6 nitrogen and oxygen atoms in total. The molecule has 0 saturated carbocycles. The fourth-order valence-corrected chi connectivity index (χ4v) is 1.57. The average Bonchev–Trinajstić information content (AvgIpc) is 2.44. The van der Waals surface area contributed by atoms with Crippen LogP contribution in [-0.2, 0) is 12.7 Å². The van der Waals surface area contributed by atoms with Crippen molar-refractivity contribution in [3.63, 3.8) is 0 Å². The summed E-state index contributed by atoms with van der Waals surface area (Å²) in [5.74, 6) is -0.0438. The van der Waals surface area contributed by atoms with E-state index < -0.39 is 17.8 Å². The smallest absolute Gasteiger partial charge is 0.433 e. The molecule has 0 aliphatic heterocycles. The van der Waals surface area contributed by atoms with Gasteiger partial charge in [0.05, 0.1) is 7.11 Å². The molecular formula is C12H12F3N5O. The third-order valence-corrected chi connectivity index (χ3v) is 2.52. The third kappa shape index (κ3) is 3.94. The number of nitrogens with two attached hydrogens (primary N) is 1. The number of hydrogen-bond acceptors (Lipinski definition) is 6. The Kier molecular flexibility index (Phi) is 4.10. The summed E-state index contributed by atoms with van der Waals surface area (Å²) in [7, 11) is 1.47. The van der Waals surface area contributed by atoms with Crippen molar-refractivity contribution in [3.05, 3.63) is 35.7 Å². The maximum atomic E-state index is 12.6. The van der Waals surface area contributed by atoms with Crippen LogP contribution in [0.25, 0.3) is 0 Å². The van der Waals surface area contributed by atoms with Crippen LogP contribution < -0.4 is 15.8 Å². The van der Waals surface area contributed by atoms with E-state index in [-0.39, 0.29) is 12.4 Å². The van der Waals surface area contributed by atoms with E-state index in [4.69, 9.17) is 10.5 Å². The van der Waals surface area contributed by atoms with Crippen LogP contribution >= 0.6 is 0 Å². The quantitative estimate of drug-likeness (QED) is 0.899. The molecule has 0 aromatic carbocycles. The zero-order valence-corrected chi connectivity index (χ0v) is 11.0. The van der Waals surface area contributed by atoms with Gasteiger partial charge in [-0.1, -0.05) is 0 Å². The van der Waals surface area contributed by atoms with Crippen LogP contribution in [0.1, 0.15) is 11.3 Å². The highest BCUT2D eigenvalue weighted by atomic mass is 19.4. The number of alkyl halides is 3. The first kappa shape index (κ1) is 14.8. The molecule has 2 heterocycles. The van der Waals surface area contributed by atoms with Crippen LogP contribution in [0.2, 0.25) is 0 Å². The molecule has 0 radical (unpaired) electrons. The molecule has 2 aromatic rings. The Morgan fingerprint density at radius 2 is 2.05 bits per heavy atom. The molecule has 21 heavy (non-hydrogen) atoms. The summed E-state index contributed by atoms with van der Waals surface area (Å²) in [6.07, 6.45) is -3.04. The van der Waals surface area contributed by atoms with Crippen molar-refractivity contribution < 1.29 is 17.9 Å². The summed E-state index contributed by atoms with van der Waals surface area (Å²) in [5.41, 5.74) is 4.96. The number of nitrogens with zero attached hydrogens (tertiary/aromatic N) is 3. The number of aromatic nitrogens is 3. The molecule has 0 bridgehead atoms. The predicted molar refractivity (Wildman–Crippen MR) is 69.6 cm³/mol. The number of halogens is 3. The number of nitrogen functional groups attached to an aromatic ring is 1. The highest BCUT2D eigenvalue weighted by Crippen LogP contribution is 2.29. The lowest BCUT2D eigenvalue weighted by Crippen LogP contribution is -2.13. The lowest BCUT2D eigenvalue weighted by molar-refractivity contribution is -0.141. The normalized spacial score (nSPS) is 11.2. The number of nitrogens with one attached hydrogen (secondary N) is 1. The summed E-state index contributed by atoms with van der Waals surface area (Å²) >= 11 is 0. The van der Waals surface area contributed by atoms with Gasteiger partial charge in [0.15, 0.2) is 5.69 Å². The van der Waals surface area contributed by atoms with Crippen molar-refractivity contribution in [3.8, 4) is 5.88 Å². The van der Waals surface area contributed by atoms with Crippen molar-refractivity contribution in [2.75, 3.05) is 18.2 Å². The van der Waals surface area contributed by atoms with Gasteiger partial charge < -0.3 is 15.8 Å². The van der Waals surface area contributed by atoms with Gasteiger partial charge in [0, 0.05) is 24.9 Å². The average molecular weight is 299 g/mol. The predicted octanol–water partition coefficient (Wildman–Crippen LogP) is 2.09. The van der Waals surface area contributed by atoms with Crippen molar-refractivity contribution >= 4 is 11.8 Å². The van der Waals surface area contributed by atoms with E-state index in [1.807, 2.05) is 0 Å². The van der Waals surface area contributed by atoms with E-state index in [0.29, 0.717) is 5.88 Å². The molecular weight excluding hydrogens is 287 g/mol. The molecule has 2 rings (SSSR count). The maximum absolute atomic E-state index is 12.6. The maximum Gasteiger partial charge on any atom is 0.433 e. The van der Waals surface area contributed by atoms with Gasteiger partial charge in [0.2, 0.25) is 11.8 Å². The number of rotatable bonds is 4. The molecule has 2 aromatic heterocycles. The minimum Gasteiger partial charge on any atom is -0.481 e. The number of ether oxygens (including phenoxy) is 1. The van der Waals surface area contributed by atoms with Crippen LogP contribution in [0, 0.1) is 0 Å². The number of pyridine rings is 1. The van der Waals surface area contributed by atoms with Gasteiger partial charge in [-0.2, -0.15) is 18.2 Å². The monoisotopic (exact) mass is 299 g/mol. The standard InChI is InChI=1S/C12H12F3N5O/c1-21-10-4-7(2-3-17-10)6-18-9-5-8(12(13,14)15)19-11(16)20-9/h2-5H,6H2,1H3,(H3,16,18,19,20). The third-order valence-electron chi connectivity index (χ3n) is 2.52. The second kappa shape index (κ2) is 5.81. The largest absolute Gasteiger partial charge is 0.481 e. The van der Waals surface area contributed by atoms with E-state index in [2.05, 4.69) is 20.3 Å². The lowest BCUT2D eigenvalue weighted by atomic mass is 10.2. The Bertz CT molecular complexity index is 633. The van der Waals surface area contributed by atoms with E-state index in [1.54, 1.807) is 12.1 Å². The molecule has 3 N–H and O–H groups in total. The van der Waals surface area contributed by atoms with Crippen molar-refractivity contribution in [2.45, 2.75) is 12.7 Å². The molecule has 0 aliphatic rings. The molecule has 0 saturated heterocycles. The molecule has 112 valence electrons. The van der Waals surface area contributed by atoms with E-state index in [0.717, 1.165) is 11.6 Å². The Morgan fingerprint density at radius 1 is 1.29 bits per heavy atom. The van der Waals surface area contributed by atoms with Crippen molar-refractivity contribution in [2.24, 2.45) is 0 Å². The summed E-state index contributed by atoms with van der Waals surface area (Å²) in [4.78, 5) is 10.8. The zero-order chi connectivity index (χ0) is 15.5. The van der Waals surface area contributed by atoms with E-state index >= 15 is 0 Å². The van der Waals surface area contributed by atoms with Crippen LogP contribution in [0.15, 0.2) is 24.4 Å². The summed E-state index contributed by atoms with van der Waals surface area (Å²) in [5, 5.41) is 2.75. The Balaban J connectivity index is 2.14. The second-order valence-corrected chi connectivity index (χ2v) is 4.05. The molecule has 0 spiro atoms. The summed E-state index contributed by atoms with van der Waals surface area (Å²) < 4.78 is 42.8. The Hall–Kier alpha value is -2.58. The molecule has 0 aliphatic carbocycles. The van der Waals surface area contributed by atoms with Crippen LogP contribution in [0.3, 0.4) is 0 Å². The van der Waals surface area contributed by atoms with Crippen molar-refractivity contribution in [1.82, 2.24) is 15.0 Å². The lowest BCUT2D eigenvalue weighted by Gasteiger charge is -2.10. The van der Waals surface area contributed by atoms with Crippen molar-refractivity contribution in [1.29, 1.82) is 0 Å². The first-order valence-electron chi connectivity index (χ1n) is 5.83. The molecule has 0 amide bonds. The van der Waals surface area contributed by atoms with Gasteiger partial charge in [0.25, 0.3) is 0 Å². The van der Waals surface area contributed by atoms with Gasteiger partial charge in [-0.25, -0.2) is 9.97 Å². The van der Waals surface area contributed by atoms with Gasteiger partial charge in [0.1, 0.15) is 5.82 Å². The Labute approximate surface area is 118 Å². The van der Waals surface area contributed by atoms with Gasteiger partial charge in [-0.15, -0.1) is 0 Å². The van der Waals surface area contributed by atoms with E-state index in [1.165, 1.54) is 13.3 Å². The van der Waals surface area contributed by atoms with Crippen LogP contribution in [-0.4, -0.2) is 22.1 Å². The highest BCUT2D eigenvalue weighted by molar-refractivity contribution is 5.42. The SMILES string of the molecule is COc1cc(CNc2cc(C(F)(F)F)nc(N)n2)ccn1. The van der Waals surface area contributed by atoms with Crippen LogP contribution in [0.4, 0.5) is 24.9 Å². The topological polar surface area (TPSA) is 86.0 Å². The number of hydrogen-bond donors (Lipinski definition) is 2. The van der Waals surface area contributed by atoms with E-state index in [9.17, 15) is 13.2 Å². The van der Waals surface area contributed by atoms with Crippen LogP contribution in [0.5, 0.6) is 5.88 Å². The number of methoxy groups -OCH3 is 1. The molecule has 0 unspecified atom stereocenters. The van der Waals surface area contributed by atoms with Gasteiger partial charge >= 0.3 is 6.18 Å². The fraction of sp³-hybridized carbons (Fsp3) is 0.250. The molecule has 0 fully saturated rings. The molecule has 9 heteroatoms. The number of anilines is 2. The summed E-state index contributed by atoms with van der Waals surface area (Å²) in [6, 6.07) is 4.15. The Morgan fingerprint density at radius 3 is 2.71 bits per heavy atom. The van der Waals surface area contributed by atoms with Gasteiger partial charge in [-0.05, 0) is 11.6 Å². The first-order valence-corrected chi connectivity index (χ1v) is 5.83. The minimum absolute atomic E-state index is 0.00870. The highest BCUT2D eigenvalue weighted by Gasteiger charge is 2.33. The fourth-order valence-electron chi connectivity index (χ4n) is 1.57.